The topological polar surface area (TPSA) is 307 Å². The van der Waals surface area contributed by atoms with Gasteiger partial charge in [0.05, 0.1) is 38.6 Å². The third-order valence-electron chi connectivity index (χ3n) is 17.0. The summed E-state index contributed by atoms with van der Waals surface area (Å²) >= 11 is 0. The minimum atomic E-state index is -1.99. The summed E-state index contributed by atoms with van der Waals surface area (Å²) in [7, 11) is 0. The number of hydrogen-bond donors (Lipinski definition) is 12. The standard InChI is InChI=1S/C70H123NO18/c1-3-5-7-9-11-13-15-17-19-21-22-23-24-25-26-27-28-29-30-32-33-35-37-39-41-43-45-47-54(75)53(71-58(76)48-46-44-42-40-38-36-34-31-20-18-16-14-12-10-8-6-4-2)52-84-68-64(82)61(79)66(56(50-73)86-68)89-70-65(83)62(80)67(57(51-74)87-70)88-69-63(81)60(78)59(77)55(49-72)85-69/h6,8,12,14,18,20,30,32,37,39,45,47,53-57,59-70,72-75,77-83H,3-5,7,9-11,13,15-17,19,21-29,31,33-36,38,40-44,46,48-52H2,1-2H3,(H,71,76)/b8-6-,14-12-,20-18-,32-30+,39-37+,47-45+. The second-order valence-electron chi connectivity index (χ2n) is 24.6. The molecule has 3 heterocycles. The van der Waals surface area contributed by atoms with E-state index in [1.165, 1.54) is 109 Å². The zero-order valence-corrected chi connectivity index (χ0v) is 54.4. The van der Waals surface area contributed by atoms with E-state index in [9.17, 15) is 61.0 Å². The summed E-state index contributed by atoms with van der Waals surface area (Å²) in [6, 6.07) is -1.01. The molecular weight excluding hydrogens is 1140 g/mol. The molecule has 0 bridgehead atoms. The Kier molecular flexibility index (Phi) is 46.7. The van der Waals surface area contributed by atoms with E-state index in [0.717, 1.165) is 89.9 Å². The van der Waals surface area contributed by atoms with Crippen LogP contribution in [0.4, 0.5) is 0 Å². The fourth-order valence-electron chi connectivity index (χ4n) is 11.4. The largest absolute Gasteiger partial charge is 0.394 e. The normalized spacial score (nSPS) is 28.7. The number of aliphatic hydroxyl groups excluding tert-OH is 11. The highest BCUT2D eigenvalue weighted by atomic mass is 16.8. The van der Waals surface area contributed by atoms with Gasteiger partial charge in [0.1, 0.15) is 73.2 Å². The van der Waals surface area contributed by atoms with E-state index >= 15 is 0 Å². The van der Waals surface area contributed by atoms with Gasteiger partial charge in [-0.25, -0.2) is 0 Å². The molecule has 0 aromatic heterocycles. The highest BCUT2D eigenvalue weighted by Crippen LogP contribution is 2.33. The second kappa shape index (κ2) is 51.6. The number of rotatable bonds is 52. The Morgan fingerprint density at radius 3 is 1.26 bits per heavy atom. The molecule has 19 heteroatoms. The SMILES string of the molecule is CC/C=C\C/C=C\C/C=C\CCCCCCCCCC(=O)NC(COC1OC(CO)C(OC2OC(CO)C(OC3OC(CO)C(O)C(O)C3O)C(O)C2O)C(O)C1O)C(O)/C=C/CC/C=C/CC/C=C/CCCCCCCCCCCCCCCCCCC. The van der Waals surface area contributed by atoms with Crippen molar-refractivity contribution in [1.82, 2.24) is 5.32 Å². The number of amides is 1. The predicted molar refractivity (Wildman–Crippen MR) is 346 cm³/mol. The van der Waals surface area contributed by atoms with Crippen LogP contribution in [0, 0.1) is 0 Å². The monoisotopic (exact) mass is 1270 g/mol. The molecule has 0 aromatic carbocycles. The number of ether oxygens (including phenoxy) is 6. The average molecular weight is 1270 g/mol. The van der Waals surface area contributed by atoms with E-state index in [0.29, 0.717) is 12.8 Å². The Morgan fingerprint density at radius 1 is 0.416 bits per heavy atom. The number of unbranched alkanes of at least 4 members (excludes halogenated alkanes) is 26. The maximum absolute atomic E-state index is 13.4. The van der Waals surface area contributed by atoms with Gasteiger partial charge in [-0.2, -0.15) is 0 Å². The molecule has 17 atom stereocenters. The van der Waals surface area contributed by atoms with Crippen molar-refractivity contribution in [2.24, 2.45) is 0 Å². The van der Waals surface area contributed by atoms with Crippen molar-refractivity contribution >= 4 is 5.91 Å². The fourth-order valence-corrected chi connectivity index (χ4v) is 11.4. The second-order valence-corrected chi connectivity index (χ2v) is 24.6. The van der Waals surface area contributed by atoms with Crippen LogP contribution in [0.1, 0.15) is 232 Å². The molecule has 0 aliphatic carbocycles. The van der Waals surface area contributed by atoms with Gasteiger partial charge >= 0.3 is 0 Å². The third kappa shape index (κ3) is 33.8. The molecule has 516 valence electrons. The first-order valence-electron chi connectivity index (χ1n) is 34.7. The molecule has 12 N–H and O–H groups in total. The molecule has 3 fully saturated rings. The van der Waals surface area contributed by atoms with Crippen LogP contribution in [0.5, 0.6) is 0 Å². The average Bonchev–Trinajstić information content (AvgIpc) is 2.22. The van der Waals surface area contributed by atoms with E-state index in [4.69, 9.17) is 28.4 Å². The van der Waals surface area contributed by atoms with Crippen LogP contribution in [0.15, 0.2) is 72.9 Å². The molecule has 3 rings (SSSR count). The van der Waals surface area contributed by atoms with Gasteiger partial charge in [0.2, 0.25) is 5.91 Å². The van der Waals surface area contributed by atoms with Gasteiger partial charge in [-0.05, 0) is 77.0 Å². The van der Waals surface area contributed by atoms with Crippen molar-refractivity contribution < 1.29 is 89.4 Å². The molecule has 0 saturated carbocycles. The van der Waals surface area contributed by atoms with E-state index in [1.54, 1.807) is 6.08 Å². The molecule has 0 spiro atoms. The Hall–Kier alpha value is -2.77. The number of carbonyl (C=O) groups excluding carboxylic acids is 1. The van der Waals surface area contributed by atoms with Crippen LogP contribution in [0.3, 0.4) is 0 Å². The summed E-state index contributed by atoms with van der Waals surface area (Å²) in [6.45, 7) is 1.59. The van der Waals surface area contributed by atoms with Crippen molar-refractivity contribution in [1.29, 1.82) is 0 Å². The lowest BCUT2D eigenvalue weighted by atomic mass is 9.96. The summed E-state index contributed by atoms with van der Waals surface area (Å²) in [5.74, 6) is -0.301. The molecule has 89 heavy (non-hydrogen) atoms. The molecule has 0 radical (unpaired) electrons. The van der Waals surface area contributed by atoms with Gasteiger partial charge in [-0.3, -0.25) is 4.79 Å². The van der Waals surface area contributed by atoms with Crippen molar-refractivity contribution in [3.63, 3.8) is 0 Å². The molecule has 19 nitrogen and oxygen atoms in total. The Balaban J connectivity index is 1.46. The summed E-state index contributed by atoms with van der Waals surface area (Å²) < 4.78 is 34.3. The van der Waals surface area contributed by atoms with Crippen molar-refractivity contribution in [3.05, 3.63) is 72.9 Å². The third-order valence-corrected chi connectivity index (χ3v) is 17.0. The van der Waals surface area contributed by atoms with Crippen LogP contribution >= 0.6 is 0 Å². The van der Waals surface area contributed by atoms with Gasteiger partial charge in [0.15, 0.2) is 18.9 Å². The summed E-state index contributed by atoms with van der Waals surface area (Å²) in [6.07, 6.45) is 37.5. The summed E-state index contributed by atoms with van der Waals surface area (Å²) in [5.41, 5.74) is 0. The van der Waals surface area contributed by atoms with E-state index in [1.807, 2.05) is 6.08 Å². The van der Waals surface area contributed by atoms with Gasteiger partial charge in [0, 0.05) is 6.42 Å². The van der Waals surface area contributed by atoms with E-state index in [-0.39, 0.29) is 18.9 Å². The molecule has 1 amide bonds. The quantitative estimate of drug-likeness (QED) is 0.0200. The van der Waals surface area contributed by atoms with Crippen molar-refractivity contribution in [2.45, 2.75) is 336 Å². The fraction of sp³-hybridized carbons (Fsp3) is 0.814. The highest BCUT2D eigenvalue weighted by Gasteiger charge is 2.53. The van der Waals surface area contributed by atoms with E-state index in [2.05, 4.69) is 79.9 Å². The summed E-state index contributed by atoms with van der Waals surface area (Å²) in [5, 5.41) is 120. The maximum Gasteiger partial charge on any atom is 0.220 e. The molecular formula is C70H123NO18. The van der Waals surface area contributed by atoms with Crippen LogP contribution in [-0.4, -0.2) is 193 Å². The zero-order chi connectivity index (χ0) is 64.7. The van der Waals surface area contributed by atoms with Crippen LogP contribution in [0.25, 0.3) is 0 Å². The first-order chi connectivity index (χ1) is 43.3. The first kappa shape index (κ1) is 80.5. The predicted octanol–water partition coefficient (Wildman–Crippen LogP) is 8.94. The first-order valence-corrected chi connectivity index (χ1v) is 34.7. The Labute approximate surface area is 534 Å². The van der Waals surface area contributed by atoms with Crippen molar-refractivity contribution in [2.75, 3.05) is 26.4 Å². The number of hydrogen-bond acceptors (Lipinski definition) is 18. The maximum atomic E-state index is 13.4. The lowest BCUT2D eigenvalue weighted by Gasteiger charge is -2.48. The molecule has 3 saturated heterocycles. The minimum Gasteiger partial charge on any atom is -0.394 e. The number of allylic oxidation sites excluding steroid dienone is 11. The molecule has 0 aromatic rings. The van der Waals surface area contributed by atoms with E-state index < -0.39 is 124 Å². The van der Waals surface area contributed by atoms with Crippen LogP contribution < -0.4 is 5.32 Å². The number of nitrogens with one attached hydrogen (secondary N) is 1. The zero-order valence-electron chi connectivity index (χ0n) is 54.4. The number of carbonyl (C=O) groups is 1. The van der Waals surface area contributed by atoms with Crippen molar-refractivity contribution in [3.8, 4) is 0 Å². The molecule has 17 unspecified atom stereocenters. The molecule has 3 aliphatic rings. The Bertz CT molecular complexity index is 1900. The summed E-state index contributed by atoms with van der Waals surface area (Å²) in [4.78, 5) is 13.4. The van der Waals surface area contributed by atoms with Crippen LogP contribution in [-0.2, 0) is 33.2 Å². The Morgan fingerprint density at radius 2 is 0.787 bits per heavy atom. The lowest BCUT2D eigenvalue weighted by molar-refractivity contribution is -0.379. The smallest absolute Gasteiger partial charge is 0.220 e. The van der Waals surface area contributed by atoms with Gasteiger partial charge in [-0.1, -0.05) is 222 Å². The van der Waals surface area contributed by atoms with Gasteiger partial charge < -0.3 is 89.9 Å². The minimum absolute atomic E-state index is 0.217. The highest BCUT2D eigenvalue weighted by molar-refractivity contribution is 5.76. The molecule has 3 aliphatic heterocycles. The number of aliphatic hydroxyl groups is 11. The lowest BCUT2D eigenvalue weighted by Crippen LogP contribution is -2.66. The van der Waals surface area contributed by atoms with Gasteiger partial charge in [-0.15, -0.1) is 0 Å². The van der Waals surface area contributed by atoms with Gasteiger partial charge in [0.25, 0.3) is 0 Å². The van der Waals surface area contributed by atoms with Crippen LogP contribution in [0.2, 0.25) is 0 Å².